The smallest absolute Gasteiger partial charge is 0.265 e. The van der Waals surface area contributed by atoms with Crippen LogP contribution in [-0.2, 0) is 16.4 Å². The van der Waals surface area contributed by atoms with Crippen LogP contribution in [0.2, 0.25) is 5.02 Å². The second kappa shape index (κ2) is 9.66. The number of hydrogen-bond acceptors (Lipinski definition) is 5. The number of carbonyl (C=O) groups is 1. The number of hydrogen-bond donors (Lipinski definition) is 1. The van der Waals surface area contributed by atoms with E-state index in [1.807, 2.05) is 30.3 Å². The van der Waals surface area contributed by atoms with Crippen molar-refractivity contribution in [1.82, 2.24) is 0 Å². The summed E-state index contributed by atoms with van der Waals surface area (Å²) in [6.07, 6.45) is 0.933. The molecule has 0 spiro atoms. The quantitative estimate of drug-likeness (QED) is 0.318. The molecule has 1 aromatic heterocycles. The van der Waals surface area contributed by atoms with E-state index in [2.05, 4.69) is 12.2 Å². The van der Waals surface area contributed by atoms with Gasteiger partial charge in [-0.2, -0.15) is 0 Å². The zero-order chi connectivity index (χ0) is 24.5. The molecule has 0 bridgehead atoms. The van der Waals surface area contributed by atoms with Crippen molar-refractivity contribution in [2.75, 3.05) is 23.8 Å². The molecule has 3 aromatic carbocycles. The zero-order valence-corrected chi connectivity index (χ0v) is 21.2. The maximum atomic E-state index is 13.1. The highest BCUT2D eigenvalue weighted by atomic mass is 35.5. The summed E-state index contributed by atoms with van der Waals surface area (Å²) < 4.78 is 33.5. The van der Waals surface area contributed by atoms with Crippen molar-refractivity contribution in [2.24, 2.45) is 0 Å². The SMILES string of the molecule is CCc1ccc(NC(=O)c2cc3cc(N(C)S(=O)(=O)c4ccc(OC)c(Cl)c4)ccc3s2)cc1. The van der Waals surface area contributed by atoms with Crippen molar-refractivity contribution in [3.63, 3.8) is 0 Å². The van der Waals surface area contributed by atoms with E-state index in [-0.39, 0.29) is 15.8 Å². The van der Waals surface area contributed by atoms with Crippen LogP contribution in [0.4, 0.5) is 11.4 Å². The van der Waals surface area contributed by atoms with E-state index >= 15 is 0 Å². The lowest BCUT2D eigenvalue weighted by Crippen LogP contribution is -2.26. The van der Waals surface area contributed by atoms with E-state index in [0.717, 1.165) is 22.2 Å². The lowest BCUT2D eigenvalue weighted by atomic mass is 10.1. The first-order valence-corrected chi connectivity index (χ1v) is 13.1. The predicted octanol–water partition coefficient (Wildman–Crippen LogP) is 6.20. The molecular formula is C25H23ClN2O4S2. The summed E-state index contributed by atoms with van der Waals surface area (Å²) in [6, 6.07) is 19.1. The Balaban J connectivity index is 1.58. The van der Waals surface area contributed by atoms with Gasteiger partial charge in [0.25, 0.3) is 15.9 Å². The largest absolute Gasteiger partial charge is 0.495 e. The van der Waals surface area contributed by atoms with E-state index < -0.39 is 10.0 Å². The average Bonchev–Trinajstić information content (AvgIpc) is 3.27. The number of rotatable bonds is 7. The molecule has 0 saturated carbocycles. The number of nitrogens with one attached hydrogen (secondary N) is 1. The van der Waals surface area contributed by atoms with Crippen LogP contribution in [0, 0.1) is 0 Å². The average molecular weight is 515 g/mol. The Bertz CT molecular complexity index is 1460. The van der Waals surface area contributed by atoms with Crippen LogP contribution in [0.15, 0.2) is 71.6 Å². The minimum Gasteiger partial charge on any atom is -0.495 e. The lowest BCUT2D eigenvalue weighted by Gasteiger charge is -2.20. The van der Waals surface area contributed by atoms with Crippen LogP contribution in [0.25, 0.3) is 10.1 Å². The number of sulfonamides is 1. The second-order valence-electron chi connectivity index (χ2n) is 7.61. The molecule has 176 valence electrons. The van der Waals surface area contributed by atoms with Gasteiger partial charge in [-0.15, -0.1) is 11.3 Å². The van der Waals surface area contributed by atoms with Gasteiger partial charge in [0.15, 0.2) is 0 Å². The number of ether oxygens (including phenoxy) is 1. The maximum absolute atomic E-state index is 13.1. The number of halogens is 1. The zero-order valence-electron chi connectivity index (χ0n) is 18.8. The van der Waals surface area contributed by atoms with E-state index in [1.165, 1.54) is 53.6 Å². The van der Waals surface area contributed by atoms with Gasteiger partial charge in [0, 0.05) is 17.4 Å². The molecule has 0 unspecified atom stereocenters. The summed E-state index contributed by atoms with van der Waals surface area (Å²) in [6.45, 7) is 2.08. The second-order valence-corrected chi connectivity index (χ2v) is 11.1. The lowest BCUT2D eigenvalue weighted by molar-refractivity contribution is 0.103. The van der Waals surface area contributed by atoms with E-state index in [9.17, 15) is 13.2 Å². The topological polar surface area (TPSA) is 75.7 Å². The predicted molar refractivity (Wildman–Crippen MR) is 139 cm³/mol. The van der Waals surface area contributed by atoms with Crippen molar-refractivity contribution in [1.29, 1.82) is 0 Å². The standard InChI is InChI=1S/C25H23ClN2O4S2/c1-4-16-5-7-18(8-6-16)27-25(29)24-14-17-13-19(9-12-23(17)33-24)28(2)34(30,31)20-10-11-22(32-3)21(26)15-20/h5-15H,4H2,1-3H3,(H,27,29). The molecule has 0 aliphatic rings. The van der Waals surface area contributed by atoms with Gasteiger partial charge in [0.2, 0.25) is 0 Å². The molecule has 4 aromatic rings. The van der Waals surface area contributed by atoms with Crippen molar-refractivity contribution in [2.45, 2.75) is 18.2 Å². The van der Waals surface area contributed by atoms with Gasteiger partial charge in [0.1, 0.15) is 5.75 Å². The molecule has 1 N–H and O–H groups in total. The number of benzene rings is 3. The summed E-state index contributed by atoms with van der Waals surface area (Å²) in [5, 5.41) is 3.91. The van der Waals surface area contributed by atoms with Crippen LogP contribution >= 0.6 is 22.9 Å². The van der Waals surface area contributed by atoms with Gasteiger partial charge in [-0.05, 0) is 72.0 Å². The van der Waals surface area contributed by atoms with E-state index in [0.29, 0.717) is 16.3 Å². The Morgan fingerprint density at radius 2 is 1.79 bits per heavy atom. The Hall–Kier alpha value is -3.07. The number of anilines is 2. The summed E-state index contributed by atoms with van der Waals surface area (Å²) in [7, 11) is -0.900. The highest BCUT2D eigenvalue weighted by Gasteiger charge is 2.23. The molecule has 0 radical (unpaired) electrons. The number of carbonyl (C=O) groups excluding carboxylic acids is 1. The number of nitrogens with zero attached hydrogens (tertiary/aromatic N) is 1. The van der Waals surface area contributed by atoms with Crippen LogP contribution in [-0.4, -0.2) is 28.5 Å². The normalized spacial score (nSPS) is 11.4. The first-order valence-electron chi connectivity index (χ1n) is 10.5. The molecule has 9 heteroatoms. The number of amides is 1. The molecule has 0 aliphatic heterocycles. The highest BCUT2D eigenvalue weighted by molar-refractivity contribution is 7.92. The number of fused-ring (bicyclic) bond motifs is 1. The van der Waals surface area contributed by atoms with Gasteiger partial charge in [-0.3, -0.25) is 9.10 Å². The number of thiophene rings is 1. The Morgan fingerprint density at radius 1 is 1.06 bits per heavy atom. The first kappa shape index (κ1) is 24.1. The molecule has 0 atom stereocenters. The van der Waals surface area contributed by atoms with Crippen molar-refractivity contribution < 1.29 is 17.9 Å². The molecular weight excluding hydrogens is 492 g/mol. The fourth-order valence-corrected chi connectivity index (χ4v) is 5.93. The molecule has 6 nitrogen and oxygen atoms in total. The highest BCUT2D eigenvalue weighted by Crippen LogP contribution is 2.33. The van der Waals surface area contributed by atoms with Crippen molar-refractivity contribution in [3.05, 3.63) is 82.2 Å². The molecule has 34 heavy (non-hydrogen) atoms. The van der Waals surface area contributed by atoms with Crippen molar-refractivity contribution >= 4 is 60.3 Å². The Labute approximate surface area is 207 Å². The molecule has 1 amide bonds. The van der Waals surface area contributed by atoms with Crippen LogP contribution in [0.3, 0.4) is 0 Å². The van der Waals surface area contributed by atoms with Crippen molar-refractivity contribution in [3.8, 4) is 5.75 Å². The third kappa shape index (κ3) is 4.75. The van der Waals surface area contributed by atoms with Gasteiger partial charge in [-0.25, -0.2) is 8.42 Å². The first-order chi connectivity index (χ1) is 16.2. The molecule has 4 rings (SSSR count). The van der Waals surface area contributed by atoms with Crippen LogP contribution < -0.4 is 14.4 Å². The molecule has 0 fully saturated rings. The Kier molecular flexibility index (Phi) is 6.84. The fraction of sp³-hybridized carbons (Fsp3) is 0.160. The van der Waals surface area contributed by atoms with Crippen LogP contribution in [0.1, 0.15) is 22.2 Å². The molecule has 0 saturated heterocycles. The third-order valence-corrected chi connectivity index (χ3v) is 8.68. The summed E-state index contributed by atoms with van der Waals surface area (Å²) in [5.41, 5.74) is 2.40. The molecule has 1 heterocycles. The molecule has 0 aliphatic carbocycles. The Morgan fingerprint density at radius 3 is 2.44 bits per heavy atom. The van der Waals surface area contributed by atoms with Crippen LogP contribution in [0.5, 0.6) is 5.75 Å². The van der Waals surface area contributed by atoms with Gasteiger partial charge in [0.05, 0.1) is 27.6 Å². The maximum Gasteiger partial charge on any atom is 0.265 e. The third-order valence-electron chi connectivity index (χ3n) is 5.49. The van der Waals surface area contributed by atoms with E-state index in [1.54, 1.807) is 18.2 Å². The fourth-order valence-electron chi connectivity index (χ4n) is 3.46. The number of aryl methyl sites for hydroxylation is 1. The van der Waals surface area contributed by atoms with Gasteiger partial charge < -0.3 is 10.1 Å². The summed E-state index contributed by atoms with van der Waals surface area (Å²) in [5.74, 6) is 0.191. The van der Waals surface area contributed by atoms with E-state index in [4.69, 9.17) is 16.3 Å². The van der Waals surface area contributed by atoms with Gasteiger partial charge >= 0.3 is 0 Å². The minimum absolute atomic E-state index is 0.0559. The summed E-state index contributed by atoms with van der Waals surface area (Å²) >= 11 is 7.48. The number of methoxy groups -OCH3 is 1. The minimum atomic E-state index is -3.85. The monoisotopic (exact) mass is 514 g/mol. The summed E-state index contributed by atoms with van der Waals surface area (Å²) in [4.78, 5) is 13.4. The van der Waals surface area contributed by atoms with Gasteiger partial charge in [-0.1, -0.05) is 30.7 Å².